The summed E-state index contributed by atoms with van der Waals surface area (Å²) in [6.07, 6.45) is 9.67. The molecular formula is C31H31N5O4S. The minimum atomic E-state index is -0.456. The summed E-state index contributed by atoms with van der Waals surface area (Å²) in [6.45, 7) is 1.43. The van der Waals surface area contributed by atoms with Crippen molar-refractivity contribution in [2.24, 2.45) is 0 Å². The lowest BCUT2D eigenvalue weighted by Gasteiger charge is -2.25. The van der Waals surface area contributed by atoms with Crippen LogP contribution in [-0.4, -0.2) is 31.5 Å². The fourth-order valence-corrected chi connectivity index (χ4v) is 6.35. The van der Waals surface area contributed by atoms with Gasteiger partial charge in [-0.15, -0.1) is 11.3 Å². The fraction of sp³-hybridized carbons (Fsp3) is 0.290. The number of amides is 2. The van der Waals surface area contributed by atoms with Crippen LogP contribution in [0.3, 0.4) is 0 Å². The molecule has 0 spiro atoms. The van der Waals surface area contributed by atoms with Gasteiger partial charge in [0.05, 0.1) is 34.6 Å². The largest absolute Gasteiger partial charge is 0.508 e. The van der Waals surface area contributed by atoms with Gasteiger partial charge in [-0.05, 0) is 61.2 Å². The Balaban J connectivity index is 1.31. The number of imidazole rings is 1. The van der Waals surface area contributed by atoms with Crippen molar-refractivity contribution in [3.8, 4) is 17.1 Å². The van der Waals surface area contributed by atoms with Gasteiger partial charge in [0.15, 0.2) is 5.13 Å². The van der Waals surface area contributed by atoms with E-state index in [0.717, 1.165) is 40.8 Å². The van der Waals surface area contributed by atoms with E-state index in [-0.39, 0.29) is 17.6 Å². The standard InChI is InChI=1S/C31H31N5O4S/c1-19(37)32-31-35-27(18-41-31)25(15-20-7-10-24(38)11-8-20)34-30(39)21-9-12-28-26(16-21)33-29(22-13-14-40-17-22)36(28)23-5-3-2-4-6-23/h7-14,16-18,23,25,38H,2-6,15H2,1H3,(H,34,39)(H,32,35,37)/t25-/m0/s1. The van der Waals surface area contributed by atoms with Crippen molar-refractivity contribution in [1.82, 2.24) is 19.9 Å². The summed E-state index contributed by atoms with van der Waals surface area (Å²) in [4.78, 5) is 34.7. The molecule has 9 nitrogen and oxygen atoms in total. The van der Waals surface area contributed by atoms with Crippen molar-refractivity contribution in [3.05, 3.63) is 83.3 Å². The Hall–Kier alpha value is -4.44. The van der Waals surface area contributed by atoms with Crippen LogP contribution in [0.1, 0.15) is 72.7 Å². The fourth-order valence-electron chi connectivity index (χ4n) is 5.54. The van der Waals surface area contributed by atoms with E-state index in [1.54, 1.807) is 24.7 Å². The summed E-state index contributed by atoms with van der Waals surface area (Å²) in [5, 5.41) is 17.9. The van der Waals surface area contributed by atoms with Gasteiger partial charge in [0.1, 0.15) is 17.8 Å². The van der Waals surface area contributed by atoms with Gasteiger partial charge in [-0.1, -0.05) is 31.4 Å². The lowest BCUT2D eigenvalue weighted by Crippen LogP contribution is -2.30. The number of nitrogens with zero attached hydrogens (tertiary/aromatic N) is 3. The topological polar surface area (TPSA) is 122 Å². The van der Waals surface area contributed by atoms with Crippen LogP contribution in [0.5, 0.6) is 5.75 Å². The number of thiazole rings is 1. The van der Waals surface area contributed by atoms with E-state index in [9.17, 15) is 14.7 Å². The van der Waals surface area contributed by atoms with Gasteiger partial charge >= 0.3 is 0 Å². The van der Waals surface area contributed by atoms with Crippen LogP contribution in [0, 0.1) is 0 Å². The van der Waals surface area contributed by atoms with Crippen LogP contribution in [0.4, 0.5) is 5.13 Å². The zero-order valence-corrected chi connectivity index (χ0v) is 23.5. The van der Waals surface area contributed by atoms with Gasteiger partial charge < -0.3 is 24.7 Å². The molecule has 5 aromatic rings. The average Bonchev–Trinajstić information content (AvgIpc) is 3.73. The molecule has 3 heterocycles. The predicted octanol–water partition coefficient (Wildman–Crippen LogP) is 6.64. The van der Waals surface area contributed by atoms with E-state index in [1.807, 2.05) is 41.8 Å². The van der Waals surface area contributed by atoms with Crippen molar-refractivity contribution < 1.29 is 19.1 Å². The molecule has 1 aliphatic carbocycles. The average molecular weight is 570 g/mol. The maximum atomic E-state index is 13.6. The Labute approximate surface area is 241 Å². The molecule has 1 saturated carbocycles. The highest BCUT2D eigenvalue weighted by Gasteiger charge is 2.25. The number of hydrogen-bond donors (Lipinski definition) is 3. The van der Waals surface area contributed by atoms with Crippen LogP contribution in [0.2, 0.25) is 0 Å². The van der Waals surface area contributed by atoms with Gasteiger partial charge in [-0.3, -0.25) is 9.59 Å². The molecule has 3 aromatic heterocycles. The van der Waals surface area contributed by atoms with Crippen LogP contribution < -0.4 is 10.6 Å². The number of hydrogen-bond acceptors (Lipinski definition) is 7. The molecule has 0 bridgehead atoms. The van der Waals surface area contributed by atoms with E-state index in [1.165, 1.54) is 37.5 Å². The smallest absolute Gasteiger partial charge is 0.251 e. The number of carbonyl (C=O) groups is 2. The first-order valence-corrected chi connectivity index (χ1v) is 14.7. The third-order valence-electron chi connectivity index (χ3n) is 7.51. The maximum Gasteiger partial charge on any atom is 0.251 e. The van der Waals surface area contributed by atoms with Crippen LogP contribution >= 0.6 is 11.3 Å². The number of rotatable bonds is 8. The lowest BCUT2D eigenvalue weighted by molar-refractivity contribution is -0.114. The van der Waals surface area contributed by atoms with Crippen molar-refractivity contribution >= 4 is 39.3 Å². The number of fused-ring (bicyclic) bond motifs is 1. The van der Waals surface area contributed by atoms with Gasteiger partial charge in [0.25, 0.3) is 5.91 Å². The number of benzene rings is 2. The Morgan fingerprint density at radius 1 is 1.10 bits per heavy atom. The summed E-state index contributed by atoms with van der Waals surface area (Å²) in [7, 11) is 0. The molecule has 210 valence electrons. The second-order valence-electron chi connectivity index (χ2n) is 10.5. The van der Waals surface area contributed by atoms with Crippen molar-refractivity contribution in [3.63, 3.8) is 0 Å². The zero-order chi connectivity index (χ0) is 28.3. The van der Waals surface area contributed by atoms with Gasteiger partial charge in [0.2, 0.25) is 5.91 Å². The van der Waals surface area contributed by atoms with E-state index in [0.29, 0.717) is 28.9 Å². The molecule has 0 unspecified atom stereocenters. The van der Waals surface area contributed by atoms with Crippen LogP contribution in [0.15, 0.2) is 70.9 Å². The summed E-state index contributed by atoms with van der Waals surface area (Å²) < 4.78 is 7.69. The van der Waals surface area contributed by atoms with E-state index in [2.05, 4.69) is 20.2 Å². The number of aromatic nitrogens is 3. The molecule has 6 rings (SSSR count). The molecule has 1 fully saturated rings. The molecule has 0 aliphatic heterocycles. The van der Waals surface area contributed by atoms with E-state index in [4.69, 9.17) is 9.40 Å². The first-order chi connectivity index (χ1) is 19.9. The van der Waals surface area contributed by atoms with Gasteiger partial charge in [-0.2, -0.15) is 0 Å². The molecule has 2 amide bonds. The highest BCUT2D eigenvalue weighted by molar-refractivity contribution is 7.13. The summed E-state index contributed by atoms with van der Waals surface area (Å²) in [5.74, 6) is 0.575. The maximum absolute atomic E-state index is 13.6. The number of carbonyl (C=O) groups excluding carboxylic acids is 2. The zero-order valence-electron chi connectivity index (χ0n) is 22.7. The van der Waals surface area contributed by atoms with Crippen LogP contribution in [-0.2, 0) is 11.2 Å². The van der Waals surface area contributed by atoms with Crippen molar-refractivity contribution in [2.45, 2.75) is 57.5 Å². The van der Waals surface area contributed by atoms with E-state index < -0.39 is 6.04 Å². The minimum Gasteiger partial charge on any atom is -0.508 e. The van der Waals surface area contributed by atoms with Gasteiger partial charge in [0, 0.05) is 23.9 Å². The summed E-state index contributed by atoms with van der Waals surface area (Å²) in [6, 6.07) is 14.4. The Morgan fingerprint density at radius 3 is 2.63 bits per heavy atom. The molecular weight excluding hydrogens is 538 g/mol. The van der Waals surface area contributed by atoms with Crippen molar-refractivity contribution in [1.29, 1.82) is 0 Å². The SMILES string of the molecule is CC(=O)Nc1nc([C@H](Cc2ccc(O)cc2)NC(=O)c2ccc3c(c2)nc(-c2ccoc2)n3C2CCCCC2)cs1. The Bertz CT molecular complexity index is 1670. The molecule has 3 N–H and O–H groups in total. The normalized spacial score (nSPS) is 14.7. The number of furan rings is 1. The van der Waals surface area contributed by atoms with E-state index >= 15 is 0 Å². The molecule has 0 saturated heterocycles. The molecule has 2 aromatic carbocycles. The second kappa shape index (κ2) is 11.6. The number of anilines is 1. The summed E-state index contributed by atoms with van der Waals surface area (Å²) >= 11 is 1.31. The monoisotopic (exact) mass is 569 g/mol. The molecule has 0 radical (unpaired) electrons. The summed E-state index contributed by atoms with van der Waals surface area (Å²) in [5.41, 5.74) is 4.75. The number of aromatic hydroxyl groups is 1. The van der Waals surface area contributed by atoms with Gasteiger partial charge in [-0.25, -0.2) is 9.97 Å². The molecule has 1 aliphatic rings. The second-order valence-corrected chi connectivity index (χ2v) is 11.3. The number of phenols is 1. The molecule has 1 atom stereocenters. The number of phenolic OH excluding ortho intramolecular Hbond substituents is 1. The quantitative estimate of drug-likeness (QED) is 0.193. The predicted molar refractivity (Wildman–Crippen MR) is 158 cm³/mol. The van der Waals surface area contributed by atoms with Crippen LogP contribution in [0.25, 0.3) is 22.4 Å². The first kappa shape index (κ1) is 26.8. The Kier molecular flexibility index (Phi) is 7.56. The molecule has 41 heavy (non-hydrogen) atoms. The lowest BCUT2D eigenvalue weighted by atomic mass is 9.95. The molecule has 10 heteroatoms. The third-order valence-corrected chi connectivity index (χ3v) is 8.29. The Morgan fingerprint density at radius 2 is 1.90 bits per heavy atom. The third kappa shape index (κ3) is 5.88. The highest BCUT2D eigenvalue weighted by Crippen LogP contribution is 2.36. The van der Waals surface area contributed by atoms with Crippen molar-refractivity contribution in [2.75, 3.05) is 5.32 Å². The highest BCUT2D eigenvalue weighted by atomic mass is 32.1. The number of nitrogens with one attached hydrogen (secondary N) is 2. The first-order valence-electron chi connectivity index (χ1n) is 13.8. The minimum absolute atomic E-state index is 0.173.